The number of rotatable bonds is 8. The molecule has 5 nitrogen and oxygen atoms in total. The maximum absolute atomic E-state index is 12.0. The Morgan fingerprint density at radius 3 is 2.18 bits per heavy atom. The Morgan fingerprint density at radius 1 is 1.05 bits per heavy atom. The van der Waals surface area contributed by atoms with Crippen LogP contribution in [0.25, 0.3) is 0 Å². The normalized spacial score (nSPS) is 10.4. The molecule has 1 aromatic rings. The number of aryl methyl sites for hydroxylation is 1. The number of carbonyl (C=O) groups excluding carboxylic acids is 3. The quantitative estimate of drug-likeness (QED) is 0.690. The van der Waals surface area contributed by atoms with Gasteiger partial charge in [-0.3, -0.25) is 14.4 Å². The van der Waals surface area contributed by atoms with E-state index in [1.165, 1.54) is 16.2 Å². The van der Waals surface area contributed by atoms with Crippen LogP contribution in [0.3, 0.4) is 0 Å². The first-order valence-electron chi connectivity index (χ1n) is 7.50. The summed E-state index contributed by atoms with van der Waals surface area (Å²) in [6.07, 6.45) is 0.320. The molecule has 22 heavy (non-hydrogen) atoms. The Labute approximate surface area is 135 Å². The topological polar surface area (TPSA) is 57.7 Å². The van der Waals surface area contributed by atoms with Crippen LogP contribution in [-0.4, -0.2) is 54.1 Å². The van der Waals surface area contributed by atoms with Gasteiger partial charge in [-0.25, -0.2) is 0 Å². The molecule has 0 radical (unpaired) electrons. The highest BCUT2D eigenvalue weighted by Gasteiger charge is 2.18. The van der Waals surface area contributed by atoms with E-state index in [-0.39, 0.29) is 37.0 Å². The summed E-state index contributed by atoms with van der Waals surface area (Å²) < 4.78 is 0. The van der Waals surface area contributed by atoms with Crippen LogP contribution < -0.4 is 0 Å². The molecule has 0 bridgehead atoms. The molecule has 1 rings (SSSR count). The fourth-order valence-electron chi connectivity index (χ4n) is 2.09. The molecule has 2 amide bonds. The monoisotopic (exact) mass is 324 g/mol. The number of hydrogen-bond donors (Lipinski definition) is 0. The fraction of sp³-hybridized carbons (Fsp3) is 0.562. The average molecular weight is 324 g/mol. The number of ketones is 1. The summed E-state index contributed by atoms with van der Waals surface area (Å²) in [5.41, 5.74) is 0. The van der Waals surface area contributed by atoms with Crippen LogP contribution in [0.1, 0.15) is 41.2 Å². The van der Waals surface area contributed by atoms with Crippen molar-refractivity contribution in [1.82, 2.24) is 9.80 Å². The SMILES string of the molecule is CCN(CC)C(=O)CN(C)C(=O)CCC(=O)c1ccc(C)s1. The molecular formula is C16H24N2O3S. The first-order chi connectivity index (χ1) is 10.4. The average Bonchev–Trinajstić information content (AvgIpc) is 2.92. The number of thiophene rings is 1. The first kappa shape index (κ1) is 18.4. The Kier molecular flexibility index (Phi) is 7.24. The lowest BCUT2D eigenvalue weighted by Gasteiger charge is -2.23. The highest BCUT2D eigenvalue weighted by atomic mass is 32.1. The Balaban J connectivity index is 2.44. The molecule has 0 aromatic carbocycles. The maximum Gasteiger partial charge on any atom is 0.242 e. The molecule has 0 fully saturated rings. The zero-order valence-electron chi connectivity index (χ0n) is 13.7. The van der Waals surface area contributed by atoms with Gasteiger partial charge in [-0.1, -0.05) is 0 Å². The highest BCUT2D eigenvalue weighted by Crippen LogP contribution is 2.17. The Bertz CT molecular complexity index is 535. The zero-order valence-corrected chi connectivity index (χ0v) is 14.5. The zero-order chi connectivity index (χ0) is 16.7. The third-order valence-corrected chi connectivity index (χ3v) is 4.54. The number of nitrogens with zero attached hydrogens (tertiary/aromatic N) is 2. The summed E-state index contributed by atoms with van der Waals surface area (Å²) in [7, 11) is 1.60. The summed E-state index contributed by atoms with van der Waals surface area (Å²) in [5.74, 6) is -0.266. The number of carbonyl (C=O) groups is 3. The van der Waals surface area contributed by atoms with Gasteiger partial charge in [-0.2, -0.15) is 0 Å². The van der Waals surface area contributed by atoms with Crippen LogP contribution in [0.2, 0.25) is 0 Å². The van der Waals surface area contributed by atoms with Crippen LogP contribution in [0.5, 0.6) is 0 Å². The predicted molar refractivity (Wildman–Crippen MR) is 88.2 cm³/mol. The van der Waals surface area contributed by atoms with E-state index in [1.54, 1.807) is 18.0 Å². The van der Waals surface area contributed by atoms with Crippen molar-refractivity contribution in [2.75, 3.05) is 26.7 Å². The van der Waals surface area contributed by atoms with Gasteiger partial charge in [0.2, 0.25) is 11.8 Å². The van der Waals surface area contributed by atoms with Crippen molar-refractivity contribution in [3.05, 3.63) is 21.9 Å². The second-order valence-electron chi connectivity index (χ2n) is 5.15. The Morgan fingerprint density at radius 2 is 1.68 bits per heavy atom. The van der Waals surface area contributed by atoms with Crippen LogP contribution in [-0.2, 0) is 9.59 Å². The van der Waals surface area contributed by atoms with Crippen LogP contribution in [0.15, 0.2) is 12.1 Å². The van der Waals surface area contributed by atoms with Crippen LogP contribution in [0.4, 0.5) is 0 Å². The lowest BCUT2D eigenvalue weighted by atomic mass is 10.2. The lowest BCUT2D eigenvalue weighted by Crippen LogP contribution is -2.41. The van der Waals surface area contributed by atoms with Crippen molar-refractivity contribution in [3.63, 3.8) is 0 Å². The van der Waals surface area contributed by atoms with Crippen LogP contribution in [0, 0.1) is 6.92 Å². The number of amides is 2. The minimum atomic E-state index is -0.179. The van der Waals surface area contributed by atoms with Gasteiger partial charge in [-0.15, -0.1) is 11.3 Å². The first-order valence-corrected chi connectivity index (χ1v) is 8.32. The van der Waals surface area contributed by atoms with Crippen molar-refractivity contribution < 1.29 is 14.4 Å². The van der Waals surface area contributed by atoms with Crippen molar-refractivity contribution in [2.45, 2.75) is 33.6 Å². The lowest BCUT2D eigenvalue weighted by molar-refractivity contribution is -0.139. The smallest absolute Gasteiger partial charge is 0.242 e. The molecule has 0 spiro atoms. The van der Waals surface area contributed by atoms with Crippen molar-refractivity contribution in [2.24, 2.45) is 0 Å². The maximum atomic E-state index is 12.0. The number of hydrogen-bond acceptors (Lipinski definition) is 4. The summed E-state index contributed by atoms with van der Waals surface area (Å²) in [6.45, 7) is 7.09. The van der Waals surface area contributed by atoms with Gasteiger partial charge < -0.3 is 9.80 Å². The van der Waals surface area contributed by atoms with Crippen molar-refractivity contribution in [1.29, 1.82) is 0 Å². The second kappa shape index (κ2) is 8.68. The molecule has 1 heterocycles. The van der Waals surface area contributed by atoms with E-state index in [1.807, 2.05) is 26.8 Å². The molecule has 0 saturated carbocycles. The largest absolute Gasteiger partial charge is 0.342 e. The predicted octanol–water partition coefficient (Wildman–Crippen LogP) is 2.35. The van der Waals surface area contributed by atoms with Crippen molar-refractivity contribution in [3.8, 4) is 0 Å². The van der Waals surface area contributed by atoms with Gasteiger partial charge in [0.05, 0.1) is 11.4 Å². The van der Waals surface area contributed by atoms with E-state index in [0.717, 1.165) is 4.88 Å². The van der Waals surface area contributed by atoms with Crippen molar-refractivity contribution >= 4 is 28.9 Å². The molecule has 0 aliphatic rings. The molecule has 6 heteroatoms. The molecule has 1 aromatic heterocycles. The standard InChI is InChI=1S/C16H24N2O3S/c1-5-18(6-2)16(21)11-17(4)15(20)10-8-13(19)14-9-7-12(3)22-14/h7,9H,5-6,8,10-11H2,1-4H3. The number of Topliss-reactive ketones (excluding diaryl/α,β-unsaturated/α-hetero) is 1. The third kappa shape index (κ3) is 5.26. The summed E-state index contributed by atoms with van der Waals surface area (Å²) in [4.78, 5) is 40.8. The fourth-order valence-corrected chi connectivity index (χ4v) is 2.92. The summed E-state index contributed by atoms with van der Waals surface area (Å²) in [5, 5.41) is 0. The van der Waals surface area contributed by atoms with Gasteiger partial charge in [0.15, 0.2) is 5.78 Å². The van der Waals surface area contributed by atoms with E-state index in [0.29, 0.717) is 18.0 Å². The summed E-state index contributed by atoms with van der Waals surface area (Å²) >= 11 is 1.44. The van der Waals surface area contributed by atoms with Gasteiger partial charge in [0, 0.05) is 37.9 Å². The van der Waals surface area contributed by atoms with Gasteiger partial charge in [0.25, 0.3) is 0 Å². The van der Waals surface area contributed by atoms with Gasteiger partial charge >= 0.3 is 0 Å². The highest BCUT2D eigenvalue weighted by molar-refractivity contribution is 7.14. The third-order valence-electron chi connectivity index (χ3n) is 3.50. The summed E-state index contributed by atoms with van der Waals surface area (Å²) in [6, 6.07) is 3.69. The molecule has 0 N–H and O–H groups in total. The van der Waals surface area contributed by atoms with E-state index < -0.39 is 0 Å². The van der Waals surface area contributed by atoms with E-state index in [2.05, 4.69) is 0 Å². The molecule has 0 aliphatic heterocycles. The van der Waals surface area contributed by atoms with Crippen LogP contribution >= 0.6 is 11.3 Å². The van der Waals surface area contributed by atoms with E-state index in [9.17, 15) is 14.4 Å². The van der Waals surface area contributed by atoms with E-state index in [4.69, 9.17) is 0 Å². The molecular weight excluding hydrogens is 300 g/mol. The molecule has 0 atom stereocenters. The number of likely N-dealkylation sites (N-methyl/N-ethyl adjacent to an activating group) is 2. The molecule has 0 saturated heterocycles. The molecule has 122 valence electrons. The second-order valence-corrected chi connectivity index (χ2v) is 6.44. The molecule has 0 unspecified atom stereocenters. The Hall–Kier alpha value is -1.69. The van der Waals surface area contributed by atoms with E-state index >= 15 is 0 Å². The minimum absolute atomic E-state index is 0.0186. The minimum Gasteiger partial charge on any atom is -0.342 e. The van der Waals surface area contributed by atoms with Gasteiger partial charge in [0.1, 0.15) is 0 Å². The van der Waals surface area contributed by atoms with Gasteiger partial charge in [-0.05, 0) is 32.9 Å². The molecule has 0 aliphatic carbocycles.